The lowest BCUT2D eigenvalue weighted by molar-refractivity contribution is 0.0564. The molecule has 0 saturated carbocycles. The number of anilines is 1. The van der Waals surface area contributed by atoms with Gasteiger partial charge in [0.25, 0.3) is 0 Å². The second kappa shape index (κ2) is 5.09. The summed E-state index contributed by atoms with van der Waals surface area (Å²) in [7, 11) is 0. The molecular weight excluding hydrogens is 230 g/mol. The summed E-state index contributed by atoms with van der Waals surface area (Å²) in [6, 6.07) is 2.48. The first-order valence-electron chi connectivity index (χ1n) is 5.25. The minimum atomic E-state index is -0.659. The Kier molecular flexibility index (Phi) is 3.53. The zero-order valence-corrected chi connectivity index (χ0v) is 9.08. The third-order valence-electron chi connectivity index (χ3n) is 2.47. The fourth-order valence-electron chi connectivity index (χ4n) is 1.55. The highest BCUT2D eigenvalue weighted by Gasteiger charge is 2.18. The van der Waals surface area contributed by atoms with Gasteiger partial charge < -0.3 is 15.0 Å². The van der Waals surface area contributed by atoms with Gasteiger partial charge in [-0.1, -0.05) is 0 Å². The zero-order valence-electron chi connectivity index (χ0n) is 9.08. The number of carbonyl (C=O) groups is 1. The fourth-order valence-corrected chi connectivity index (χ4v) is 1.55. The van der Waals surface area contributed by atoms with Gasteiger partial charge in [0.05, 0.1) is 18.9 Å². The van der Waals surface area contributed by atoms with E-state index in [0.717, 1.165) is 18.2 Å². The molecule has 2 amide bonds. The van der Waals surface area contributed by atoms with Crippen molar-refractivity contribution in [2.45, 2.75) is 0 Å². The van der Waals surface area contributed by atoms with Crippen molar-refractivity contribution in [2.75, 3.05) is 31.6 Å². The topological polar surface area (TPSA) is 41.6 Å². The maximum atomic E-state index is 13.3. The van der Waals surface area contributed by atoms with E-state index in [4.69, 9.17) is 4.74 Å². The largest absolute Gasteiger partial charge is 0.378 e. The van der Waals surface area contributed by atoms with Crippen molar-refractivity contribution in [1.82, 2.24) is 4.90 Å². The van der Waals surface area contributed by atoms with Crippen LogP contribution in [-0.2, 0) is 4.74 Å². The number of amides is 2. The van der Waals surface area contributed by atoms with Gasteiger partial charge in [0, 0.05) is 19.2 Å². The second-order valence-corrected chi connectivity index (χ2v) is 3.65. The van der Waals surface area contributed by atoms with Gasteiger partial charge >= 0.3 is 6.03 Å². The molecule has 1 saturated heterocycles. The molecule has 2 rings (SSSR count). The molecule has 0 atom stereocenters. The average molecular weight is 242 g/mol. The van der Waals surface area contributed by atoms with Crippen molar-refractivity contribution < 1.29 is 18.3 Å². The Morgan fingerprint density at radius 3 is 2.71 bits per heavy atom. The third-order valence-corrected chi connectivity index (χ3v) is 2.47. The normalized spacial score (nSPS) is 15.8. The molecule has 0 aliphatic carbocycles. The Bertz CT molecular complexity index is 420. The molecule has 6 heteroatoms. The van der Waals surface area contributed by atoms with Crippen molar-refractivity contribution in [3.63, 3.8) is 0 Å². The standard InChI is InChI=1S/C11H12F2N2O2/c12-8-1-2-9(13)10(7-8)14-11(16)15-3-5-17-6-4-15/h1-2,7H,3-6H2,(H,14,16). The van der Waals surface area contributed by atoms with Crippen LogP contribution in [0.3, 0.4) is 0 Å². The van der Waals surface area contributed by atoms with E-state index in [1.165, 1.54) is 4.90 Å². The van der Waals surface area contributed by atoms with Crippen LogP contribution >= 0.6 is 0 Å². The van der Waals surface area contributed by atoms with Crippen LogP contribution in [0.2, 0.25) is 0 Å². The van der Waals surface area contributed by atoms with Crippen molar-refractivity contribution in [2.24, 2.45) is 0 Å². The molecular formula is C11H12F2N2O2. The molecule has 1 aliphatic heterocycles. The van der Waals surface area contributed by atoms with E-state index < -0.39 is 17.7 Å². The van der Waals surface area contributed by atoms with Gasteiger partial charge in [-0.2, -0.15) is 0 Å². The molecule has 1 fully saturated rings. The molecule has 0 bridgehead atoms. The van der Waals surface area contributed by atoms with Crippen LogP contribution in [-0.4, -0.2) is 37.2 Å². The fraction of sp³-hybridized carbons (Fsp3) is 0.364. The van der Waals surface area contributed by atoms with Gasteiger partial charge in [0.1, 0.15) is 11.6 Å². The number of halogens is 2. The second-order valence-electron chi connectivity index (χ2n) is 3.65. The van der Waals surface area contributed by atoms with E-state index in [9.17, 15) is 13.6 Å². The summed E-state index contributed by atoms with van der Waals surface area (Å²) in [5, 5.41) is 2.34. The van der Waals surface area contributed by atoms with E-state index in [1.54, 1.807) is 0 Å². The molecule has 1 heterocycles. The first kappa shape index (κ1) is 11.8. The van der Waals surface area contributed by atoms with Crippen LogP contribution < -0.4 is 5.32 Å². The Morgan fingerprint density at radius 1 is 1.29 bits per heavy atom. The molecule has 4 nitrogen and oxygen atoms in total. The molecule has 0 aromatic heterocycles. The Morgan fingerprint density at radius 2 is 2.00 bits per heavy atom. The lowest BCUT2D eigenvalue weighted by Crippen LogP contribution is -2.43. The van der Waals surface area contributed by atoms with Crippen LogP contribution in [0, 0.1) is 11.6 Å². The van der Waals surface area contributed by atoms with Crippen LogP contribution in [0.25, 0.3) is 0 Å². The number of carbonyl (C=O) groups excluding carboxylic acids is 1. The van der Waals surface area contributed by atoms with Crippen molar-refractivity contribution >= 4 is 11.7 Å². The summed E-state index contributed by atoms with van der Waals surface area (Å²) in [4.78, 5) is 13.2. The van der Waals surface area contributed by atoms with Crippen LogP contribution in [0.5, 0.6) is 0 Å². The van der Waals surface area contributed by atoms with E-state index in [2.05, 4.69) is 5.32 Å². The first-order valence-corrected chi connectivity index (χ1v) is 5.25. The lowest BCUT2D eigenvalue weighted by atomic mass is 10.3. The number of ether oxygens (including phenoxy) is 1. The maximum Gasteiger partial charge on any atom is 0.322 e. The van der Waals surface area contributed by atoms with Gasteiger partial charge in [0.2, 0.25) is 0 Å². The van der Waals surface area contributed by atoms with E-state index >= 15 is 0 Å². The number of rotatable bonds is 1. The van der Waals surface area contributed by atoms with Gasteiger partial charge in [0.15, 0.2) is 0 Å². The minimum Gasteiger partial charge on any atom is -0.378 e. The molecule has 1 aromatic carbocycles. The SMILES string of the molecule is O=C(Nc1cc(F)ccc1F)N1CCOCC1. The summed E-state index contributed by atoms with van der Waals surface area (Å²) in [5.41, 5.74) is -0.151. The maximum absolute atomic E-state index is 13.3. The van der Waals surface area contributed by atoms with Crippen LogP contribution in [0.4, 0.5) is 19.3 Å². The zero-order chi connectivity index (χ0) is 12.3. The summed E-state index contributed by atoms with van der Waals surface area (Å²) in [6.07, 6.45) is 0. The summed E-state index contributed by atoms with van der Waals surface area (Å²) < 4.78 is 31.2. The van der Waals surface area contributed by atoms with Crippen molar-refractivity contribution in [3.05, 3.63) is 29.8 Å². The highest BCUT2D eigenvalue weighted by atomic mass is 19.1. The Balaban J connectivity index is 2.04. The van der Waals surface area contributed by atoms with Gasteiger partial charge in [-0.25, -0.2) is 13.6 Å². The van der Waals surface area contributed by atoms with E-state index in [0.29, 0.717) is 26.3 Å². The Labute approximate surface area is 97.2 Å². The smallest absolute Gasteiger partial charge is 0.322 e. The number of morpholine rings is 1. The highest BCUT2D eigenvalue weighted by Crippen LogP contribution is 2.16. The molecule has 92 valence electrons. The molecule has 1 aliphatic rings. The van der Waals surface area contributed by atoms with Crippen molar-refractivity contribution in [1.29, 1.82) is 0 Å². The molecule has 0 radical (unpaired) electrons. The number of hydrogen-bond donors (Lipinski definition) is 1. The quantitative estimate of drug-likeness (QED) is 0.816. The third kappa shape index (κ3) is 2.91. The van der Waals surface area contributed by atoms with E-state index in [1.807, 2.05) is 0 Å². The van der Waals surface area contributed by atoms with Crippen LogP contribution in [0.15, 0.2) is 18.2 Å². The predicted octanol–water partition coefficient (Wildman–Crippen LogP) is 1.83. The summed E-state index contributed by atoms with van der Waals surface area (Å²) >= 11 is 0. The minimum absolute atomic E-state index is 0.151. The van der Waals surface area contributed by atoms with Crippen molar-refractivity contribution in [3.8, 4) is 0 Å². The molecule has 1 aromatic rings. The lowest BCUT2D eigenvalue weighted by Gasteiger charge is -2.26. The highest BCUT2D eigenvalue weighted by molar-refractivity contribution is 5.89. The number of nitrogens with zero attached hydrogens (tertiary/aromatic N) is 1. The molecule has 17 heavy (non-hydrogen) atoms. The molecule has 0 spiro atoms. The monoisotopic (exact) mass is 242 g/mol. The van der Waals surface area contributed by atoms with Gasteiger partial charge in [-0.15, -0.1) is 0 Å². The summed E-state index contributed by atoms with van der Waals surface area (Å²) in [6.45, 7) is 1.81. The number of urea groups is 1. The van der Waals surface area contributed by atoms with Gasteiger partial charge in [-0.3, -0.25) is 0 Å². The van der Waals surface area contributed by atoms with Gasteiger partial charge in [-0.05, 0) is 12.1 Å². The number of nitrogens with one attached hydrogen (secondary N) is 1. The summed E-state index contributed by atoms with van der Waals surface area (Å²) in [5.74, 6) is -1.25. The molecule has 0 unspecified atom stereocenters. The van der Waals surface area contributed by atoms with Crippen LogP contribution in [0.1, 0.15) is 0 Å². The predicted molar refractivity (Wildman–Crippen MR) is 57.8 cm³/mol. The number of benzene rings is 1. The molecule has 1 N–H and O–H groups in total. The van der Waals surface area contributed by atoms with E-state index in [-0.39, 0.29) is 5.69 Å². The first-order chi connectivity index (χ1) is 8.16. The Hall–Kier alpha value is -1.69. The number of hydrogen-bond acceptors (Lipinski definition) is 2. The average Bonchev–Trinajstić information content (AvgIpc) is 2.35.